The van der Waals surface area contributed by atoms with Crippen molar-refractivity contribution >= 4 is 24.8 Å². The average Bonchev–Trinajstić information content (AvgIpc) is 2.62. The van der Waals surface area contributed by atoms with Gasteiger partial charge in [0.1, 0.15) is 0 Å². The third-order valence-electron chi connectivity index (χ3n) is 2.86. The molecule has 0 amide bonds. The van der Waals surface area contributed by atoms with E-state index >= 15 is 0 Å². The van der Waals surface area contributed by atoms with Crippen LogP contribution in [0.5, 0.6) is 0 Å². The molecular formula is C8H18Cl2N2O2. The summed E-state index contributed by atoms with van der Waals surface area (Å²) in [5, 5.41) is 0. The lowest BCUT2D eigenvalue weighted by Gasteiger charge is -2.14. The van der Waals surface area contributed by atoms with Crippen molar-refractivity contribution in [3.8, 4) is 0 Å². The standard InChI is InChI=1S/C8H16N2O2.2ClH/c9-1-5-3-11-8-6(2-10)4-12-7(5)8;;/h5-8H,1-4,9-10H2;2*1H/t5-,6-,7+,8+;;/m0../s1. The third-order valence-corrected chi connectivity index (χ3v) is 2.86. The monoisotopic (exact) mass is 244 g/mol. The first kappa shape index (κ1) is 14.4. The minimum Gasteiger partial charge on any atom is -0.375 e. The van der Waals surface area contributed by atoms with Gasteiger partial charge in [0, 0.05) is 11.8 Å². The Labute approximate surface area is 96.5 Å². The van der Waals surface area contributed by atoms with Crippen molar-refractivity contribution < 1.29 is 9.47 Å². The van der Waals surface area contributed by atoms with E-state index in [1.165, 1.54) is 0 Å². The lowest BCUT2D eigenvalue weighted by molar-refractivity contribution is 0.0615. The molecule has 0 aliphatic carbocycles. The fraction of sp³-hybridized carbons (Fsp3) is 1.00. The molecule has 2 heterocycles. The summed E-state index contributed by atoms with van der Waals surface area (Å²) in [6.45, 7) is 2.78. The van der Waals surface area contributed by atoms with Crippen molar-refractivity contribution in [3.05, 3.63) is 0 Å². The minimum atomic E-state index is 0. The Morgan fingerprint density at radius 1 is 0.857 bits per heavy atom. The number of rotatable bonds is 2. The average molecular weight is 245 g/mol. The highest BCUT2D eigenvalue weighted by Gasteiger charge is 2.46. The molecule has 2 rings (SSSR count). The van der Waals surface area contributed by atoms with Crippen LogP contribution < -0.4 is 11.5 Å². The maximum Gasteiger partial charge on any atom is 0.0903 e. The van der Waals surface area contributed by atoms with Gasteiger partial charge in [-0.05, 0) is 13.1 Å². The second kappa shape index (κ2) is 6.10. The van der Waals surface area contributed by atoms with Gasteiger partial charge in [-0.1, -0.05) is 0 Å². The zero-order valence-corrected chi connectivity index (χ0v) is 9.56. The number of hydrogen-bond donors (Lipinski definition) is 2. The van der Waals surface area contributed by atoms with Crippen molar-refractivity contribution in [2.75, 3.05) is 26.3 Å². The van der Waals surface area contributed by atoms with Crippen molar-refractivity contribution in [2.24, 2.45) is 23.3 Å². The summed E-state index contributed by atoms with van der Waals surface area (Å²) >= 11 is 0. The molecule has 4 atom stereocenters. The zero-order chi connectivity index (χ0) is 8.55. The van der Waals surface area contributed by atoms with Crippen LogP contribution in [0.4, 0.5) is 0 Å². The fourth-order valence-electron chi connectivity index (χ4n) is 2.06. The van der Waals surface area contributed by atoms with Crippen LogP contribution in [0, 0.1) is 11.8 Å². The van der Waals surface area contributed by atoms with Crippen LogP contribution in [-0.2, 0) is 9.47 Å². The molecule has 14 heavy (non-hydrogen) atoms. The molecule has 0 radical (unpaired) electrons. The van der Waals surface area contributed by atoms with Gasteiger partial charge in [-0.25, -0.2) is 0 Å². The number of nitrogens with two attached hydrogens (primary N) is 2. The van der Waals surface area contributed by atoms with E-state index in [-0.39, 0.29) is 37.0 Å². The van der Waals surface area contributed by atoms with Crippen molar-refractivity contribution in [1.29, 1.82) is 0 Å². The van der Waals surface area contributed by atoms with E-state index in [2.05, 4.69) is 0 Å². The number of fused-ring (bicyclic) bond motifs is 1. The number of hydrogen-bond acceptors (Lipinski definition) is 4. The van der Waals surface area contributed by atoms with Crippen LogP contribution >= 0.6 is 24.8 Å². The Balaban J connectivity index is 0.000000845. The molecule has 2 aliphatic rings. The molecule has 0 aromatic heterocycles. The summed E-state index contributed by atoms with van der Waals surface area (Å²) in [4.78, 5) is 0. The zero-order valence-electron chi connectivity index (χ0n) is 7.93. The van der Waals surface area contributed by atoms with Gasteiger partial charge in [0.05, 0.1) is 25.4 Å². The molecule has 2 aliphatic heterocycles. The van der Waals surface area contributed by atoms with Gasteiger partial charge in [-0.15, -0.1) is 24.8 Å². The molecule has 4 nitrogen and oxygen atoms in total. The maximum absolute atomic E-state index is 5.60. The second-order valence-corrected chi connectivity index (χ2v) is 3.59. The van der Waals surface area contributed by atoms with Crippen LogP contribution in [0.1, 0.15) is 0 Å². The lowest BCUT2D eigenvalue weighted by atomic mass is 9.97. The molecule has 2 fully saturated rings. The van der Waals surface area contributed by atoms with Crippen LogP contribution in [0.25, 0.3) is 0 Å². The summed E-state index contributed by atoms with van der Waals surface area (Å²) in [5.41, 5.74) is 11.2. The molecule has 0 unspecified atom stereocenters. The molecule has 86 valence electrons. The van der Waals surface area contributed by atoms with E-state index in [0.29, 0.717) is 24.9 Å². The quantitative estimate of drug-likeness (QED) is 0.705. The van der Waals surface area contributed by atoms with Gasteiger partial charge in [-0.2, -0.15) is 0 Å². The van der Waals surface area contributed by atoms with Gasteiger partial charge in [0.25, 0.3) is 0 Å². The smallest absolute Gasteiger partial charge is 0.0903 e. The molecule has 4 N–H and O–H groups in total. The predicted molar refractivity (Wildman–Crippen MR) is 59.1 cm³/mol. The van der Waals surface area contributed by atoms with Gasteiger partial charge in [0.15, 0.2) is 0 Å². The molecular weight excluding hydrogens is 227 g/mol. The van der Waals surface area contributed by atoms with Gasteiger partial charge in [-0.3, -0.25) is 0 Å². The highest BCUT2D eigenvalue weighted by atomic mass is 35.5. The molecule has 0 aromatic carbocycles. The first-order valence-electron chi connectivity index (χ1n) is 4.50. The summed E-state index contributed by atoms with van der Waals surface area (Å²) in [7, 11) is 0. The van der Waals surface area contributed by atoms with Crippen molar-refractivity contribution in [1.82, 2.24) is 0 Å². The normalized spacial score (nSPS) is 39.9. The Kier molecular flexibility index (Phi) is 6.28. The second-order valence-electron chi connectivity index (χ2n) is 3.59. The summed E-state index contributed by atoms with van der Waals surface area (Å²) < 4.78 is 11.2. The molecule has 0 aromatic rings. The fourth-order valence-corrected chi connectivity index (χ4v) is 2.06. The maximum atomic E-state index is 5.60. The Morgan fingerprint density at radius 2 is 1.21 bits per heavy atom. The SMILES string of the molecule is Cl.Cl.NC[C@H]1CO[C@@H]2[C@@H](CN)CO[C@H]12. The highest BCUT2D eigenvalue weighted by Crippen LogP contribution is 2.33. The Hall–Kier alpha value is 0.420. The number of halogens is 2. The summed E-state index contributed by atoms with van der Waals surface area (Å²) in [6.07, 6.45) is 0.423. The van der Waals surface area contributed by atoms with Crippen molar-refractivity contribution in [2.45, 2.75) is 12.2 Å². The van der Waals surface area contributed by atoms with E-state index in [4.69, 9.17) is 20.9 Å². The van der Waals surface area contributed by atoms with Gasteiger partial charge < -0.3 is 20.9 Å². The van der Waals surface area contributed by atoms with E-state index < -0.39 is 0 Å². The predicted octanol–water partition coefficient (Wildman–Crippen LogP) is -0.223. The first-order valence-corrected chi connectivity index (χ1v) is 4.50. The van der Waals surface area contributed by atoms with E-state index in [9.17, 15) is 0 Å². The summed E-state index contributed by atoms with van der Waals surface area (Å²) in [6, 6.07) is 0. The summed E-state index contributed by atoms with van der Waals surface area (Å²) in [5.74, 6) is 0.762. The molecule has 2 saturated heterocycles. The van der Waals surface area contributed by atoms with E-state index in [1.807, 2.05) is 0 Å². The topological polar surface area (TPSA) is 70.5 Å². The molecule has 0 bridgehead atoms. The van der Waals surface area contributed by atoms with Crippen LogP contribution in [0.15, 0.2) is 0 Å². The van der Waals surface area contributed by atoms with E-state index in [1.54, 1.807) is 0 Å². The van der Waals surface area contributed by atoms with Crippen LogP contribution in [-0.4, -0.2) is 38.5 Å². The Bertz CT molecular complexity index is 155. The third kappa shape index (κ3) is 2.32. The highest BCUT2D eigenvalue weighted by molar-refractivity contribution is 5.85. The largest absolute Gasteiger partial charge is 0.375 e. The van der Waals surface area contributed by atoms with Crippen LogP contribution in [0.2, 0.25) is 0 Å². The number of ether oxygens (including phenoxy) is 2. The van der Waals surface area contributed by atoms with Crippen molar-refractivity contribution in [3.63, 3.8) is 0 Å². The first-order chi connectivity index (χ1) is 5.86. The van der Waals surface area contributed by atoms with Gasteiger partial charge >= 0.3 is 0 Å². The van der Waals surface area contributed by atoms with Gasteiger partial charge in [0.2, 0.25) is 0 Å². The molecule has 0 spiro atoms. The Morgan fingerprint density at radius 3 is 1.50 bits per heavy atom. The molecule has 6 heteroatoms. The molecule has 0 saturated carbocycles. The van der Waals surface area contributed by atoms with E-state index in [0.717, 1.165) is 13.2 Å². The van der Waals surface area contributed by atoms with Crippen LogP contribution in [0.3, 0.4) is 0 Å². The lowest BCUT2D eigenvalue weighted by Crippen LogP contribution is -2.32. The minimum absolute atomic E-state index is 0.